The highest BCUT2D eigenvalue weighted by atomic mass is 19.4. The number of hydrogen-bond donors (Lipinski definition) is 2. The Morgan fingerprint density at radius 1 is 1.10 bits per heavy atom. The smallest absolute Gasteiger partial charge is 0.370 e. The van der Waals surface area contributed by atoms with E-state index >= 15 is 0 Å². The molecule has 0 aliphatic rings. The lowest BCUT2D eigenvalue weighted by Crippen LogP contribution is -2.25. The summed E-state index contributed by atoms with van der Waals surface area (Å²) in [6, 6.07) is 2.08. The third-order valence-electron chi connectivity index (χ3n) is 3.58. The Labute approximate surface area is 124 Å². The molecule has 1 rings (SSSR count). The van der Waals surface area contributed by atoms with E-state index in [0.29, 0.717) is 19.0 Å². The molecule has 2 N–H and O–H groups in total. The van der Waals surface area contributed by atoms with E-state index in [-0.39, 0.29) is 17.1 Å². The van der Waals surface area contributed by atoms with Crippen molar-refractivity contribution in [3.8, 4) is 0 Å². The van der Waals surface area contributed by atoms with Crippen molar-refractivity contribution in [3.63, 3.8) is 0 Å². The number of nitrogens with zero attached hydrogens (tertiary/aromatic N) is 1. The van der Waals surface area contributed by atoms with Crippen molar-refractivity contribution in [1.82, 2.24) is 4.98 Å². The van der Waals surface area contributed by atoms with E-state index in [4.69, 9.17) is 0 Å². The minimum atomic E-state index is -4.38. The van der Waals surface area contributed by atoms with Gasteiger partial charge in [-0.15, -0.1) is 0 Å². The lowest BCUT2D eigenvalue weighted by Gasteiger charge is -2.27. The van der Waals surface area contributed by atoms with Crippen LogP contribution >= 0.6 is 0 Å². The average molecular weight is 303 g/mol. The van der Waals surface area contributed by atoms with Crippen LogP contribution in [0, 0.1) is 11.3 Å². The molecule has 0 fully saturated rings. The number of hydrogen-bond acceptors (Lipinski definition) is 3. The number of pyridine rings is 1. The van der Waals surface area contributed by atoms with Crippen LogP contribution < -0.4 is 10.6 Å². The van der Waals surface area contributed by atoms with Gasteiger partial charge in [0.2, 0.25) is 0 Å². The molecule has 0 aromatic carbocycles. The molecule has 0 aliphatic carbocycles. The first-order chi connectivity index (χ1) is 9.54. The van der Waals surface area contributed by atoms with Crippen LogP contribution in [0.4, 0.5) is 24.8 Å². The van der Waals surface area contributed by atoms with Crippen molar-refractivity contribution in [2.45, 2.75) is 40.8 Å². The number of nitrogens with one attached hydrogen (secondary N) is 2. The summed E-state index contributed by atoms with van der Waals surface area (Å²) in [5.74, 6) is 0.784. The van der Waals surface area contributed by atoms with Gasteiger partial charge in [-0.25, -0.2) is 4.98 Å². The molecule has 0 amide bonds. The van der Waals surface area contributed by atoms with Gasteiger partial charge in [-0.1, -0.05) is 27.7 Å². The lowest BCUT2D eigenvalue weighted by atomic mass is 9.82. The zero-order chi connectivity index (χ0) is 16.3. The second-order valence-electron chi connectivity index (χ2n) is 6.30. The Hall–Kier alpha value is -1.46. The molecule has 1 atom stereocenters. The predicted molar refractivity (Wildman–Crippen MR) is 80.5 cm³/mol. The summed E-state index contributed by atoms with van der Waals surface area (Å²) in [4.78, 5) is 4.17. The summed E-state index contributed by atoms with van der Waals surface area (Å²) in [5, 5.41) is 5.84. The summed E-state index contributed by atoms with van der Waals surface area (Å²) in [7, 11) is 0. The standard InChI is InChI=1S/C15H24F3N3/c1-6-19-12-7-11(15(16,17)18)8-13(21-12)20-9-10(2)14(3,4)5/h7-8,10H,6,9H2,1-5H3,(H2,19,20,21). The Kier molecular flexibility index (Phi) is 5.48. The fourth-order valence-electron chi connectivity index (χ4n) is 1.62. The molecule has 0 saturated heterocycles. The molecule has 0 saturated carbocycles. The molecule has 120 valence electrons. The molecule has 0 radical (unpaired) electrons. The summed E-state index contributed by atoms with van der Waals surface area (Å²) in [5.41, 5.74) is -0.613. The van der Waals surface area contributed by atoms with Crippen LogP contribution in [0.1, 0.15) is 40.2 Å². The zero-order valence-electron chi connectivity index (χ0n) is 13.2. The molecule has 3 nitrogen and oxygen atoms in total. The van der Waals surface area contributed by atoms with Crippen molar-refractivity contribution in [2.75, 3.05) is 23.7 Å². The molecular formula is C15H24F3N3. The van der Waals surface area contributed by atoms with E-state index < -0.39 is 11.7 Å². The van der Waals surface area contributed by atoms with Crippen LogP contribution in [-0.2, 0) is 6.18 Å². The maximum atomic E-state index is 12.9. The Morgan fingerprint density at radius 3 is 2.05 bits per heavy atom. The molecule has 0 spiro atoms. The quantitative estimate of drug-likeness (QED) is 0.833. The normalized spacial score (nSPS) is 13.9. The minimum Gasteiger partial charge on any atom is -0.370 e. The van der Waals surface area contributed by atoms with Crippen LogP contribution in [0.3, 0.4) is 0 Å². The lowest BCUT2D eigenvalue weighted by molar-refractivity contribution is -0.137. The van der Waals surface area contributed by atoms with E-state index in [0.717, 1.165) is 12.1 Å². The van der Waals surface area contributed by atoms with Crippen molar-refractivity contribution in [3.05, 3.63) is 17.7 Å². The molecule has 1 aromatic rings. The van der Waals surface area contributed by atoms with Crippen LogP contribution in [0.2, 0.25) is 0 Å². The fraction of sp³-hybridized carbons (Fsp3) is 0.667. The Bertz CT molecular complexity index is 464. The summed E-state index contributed by atoms with van der Waals surface area (Å²) >= 11 is 0. The van der Waals surface area contributed by atoms with Gasteiger partial charge >= 0.3 is 6.18 Å². The average Bonchev–Trinajstić information content (AvgIpc) is 2.34. The van der Waals surface area contributed by atoms with E-state index in [9.17, 15) is 13.2 Å². The van der Waals surface area contributed by atoms with Crippen molar-refractivity contribution in [2.24, 2.45) is 11.3 Å². The second kappa shape index (κ2) is 6.54. The third-order valence-corrected chi connectivity index (χ3v) is 3.58. The highest BCUT2D eigenvalue weighted by Crippen LogP contribution is 2.32. The molecule has 1 unspecified atom stereocenters. The van der Waals surface area contributed by atoms with Gasteiger partial charge in [0, 0.05) is 13.1 Å². The van der Waals surface area contributed by atoms with E-state index in [2.05, 4.69) is 43.3 Å². The first-order valence-corrected chi connectivity index (χ1v) is 7.11. The maximum Gasteiger partial charge on any atom is 0.416 e. The van der Waals surface area contributed by atoms with Gasteiger partial charge in [0.1, 0.15) is 11.6 Å². The predicted octanol–water partition coefficient (Wildman–Crippen LogP) is 4.63. The van der Waals surface area contributed by atoms with Gasteiger partial charge in [0.25, 0.3) is 0 Å². The molecular weight excluding hydrogens is 279 g/mol. The molecule has 6 heteroatoms. The first kappa shape index (κ1) is 17.6. The molecule has 1 heterocycles. The topological polar surface area (TPSA) is 37.0 Å². The van der Waals surface area contributed by atoms with Crippen LogP contribution in [-0.4, -0.2) is 18.1 Å². The monoisotopic (exact) mass is 303 g/mol. The van der Waals surface area contributed by atoms with E-state index in [1.165, 1.54) is 0 Å². The summed E-state index contributed by atoms with van der Waals surface area (Å²) in [6.07, 6.45) is -4.38. The van der Waals surface area contributed by atoms with Gasteiger partial charge in [-0.2, -0.15) is 13.2 Å². The van der Waals surface area contributed by atoms with Crippen LogP contribution in [0.5, 0.6) is 0 Å². The van der Waals surface area contributed by atoms with Gasteiger partial charge in [0.05, 0.1) is 5.56 Å². The number of anilines is 2. The second-order valence-corrected chi connectivity index (χ2v) is 6.30. The SMILES string of the molecule is CCNc1cc(C(F)(F)F)cc(NCC(C)C(C)(C)C)n1. The maximum absolute atomic E-state index is 12.9. The van der Waals surface area contributed by atoms with Gasteiger partial charge in [-0.3, -0.25) is 0 Å². The highest BCUT2D eigenvalue weighted by molar-refractivity contribution is 5.49. The number of rotatable bonds is 5. The molecule has 0 aliphatic heterocycles. The molecule has 0 bridgehead atoms. The van der Waals surface area contributed by atoms with Crippen molar-refractivity contribution in [1.29, 1.82) is 0 Å². The summed E-state index contributed by atoms with van der Waals surface area (Å²) in [6.45, 7) is 11.3. The van der Waals surface area contributed by atoms with Gasteiger partial charge in [0.15, 0.2) is 0 Å². The van der Waals surface area contributed by atoms with E-state index in [1.807, 2.05) is 6.92 Å². The first-order valence-electron chi connectivity index (χ1n) is 7.11. The van der Waals surface area contributed by atoms with Gasteiger partial charge < -0.3 is 10.6 Å². The number of aromatic nitrogens is 1. The highest BCUT2D eigenvalue weighted by Gasteiger charge is 2.31. The third kappa shape index (κ3) is 5.44. The van der Waals surface area contributed by atoms with Crippen molar-refractivity contribution < 1.29 is 13.2 Å². The van der Waals surface area contributed by atoms with Crippen molar-refractivity contribution >= 4 is 11.6 Å². The largest absolute Gasteiger partial charge is 0.416 e. The Morgan fingerprint density at radius 2 is 1.62 bits per heavy atom. The van der Waals surface area contributed by atoms with Gasteiger partial charge in [-0.05, 0) is 30.4 Å². The van der Waals surface area contributed by atoms with E-state index in [1.54, 1.807) is 0 Å². The molecule has 21 heavy (non-hydrogen) atoms. The summed E-state index contributed by atoms with van der Waals surface area (Å²) < 4.78 is 38.7. The van der Waals surface area contributed by atoms with Crippen LogP contribution in [0.25, 0.3) is 0 Å². The van der Waals surface area contributed by atoms with Crippen LogP contribution in [0.15, 0.2) is 12.1 Å². The Balaban J connectivity index is 2.93. The number of halogens is 3. The minimum absolute atomic E-state index is 0.0825. The zero-order valence-corrected chi connectivity index (χ0v) is 13.2. The molecule has 1 aromatic heterocycles. The number of alkyl halides is 3. The fourth-order valence-corrected chi connectivity index (χ4v) is 1.62.